The molecule has 0 spiro atoms. The lowest BCUT2D eigenvalue weighted by molar-refractivity contribution is 0.269. The lowest BCUT2D eigenvalue weighted by Crippen LogP contribution is -2.47. The second-order valence-corrected chi connectivity index (χ2v) is 7.52. The number of benzene rings is 2. The van der Waals surface area contributed by atoms with Crippen LogP contribution in [0.3, 0.4) is 0 Å². The molecular formula is C18H21N3O3S. The number of aliphatic hydroxyl groups excluding tert-OH is 1. The summed E-state index contributed by atoms with van der Waals surface area (Å²) >= 11 is 0. The van der Waals surface area contributed by atoms with Crippen LogP contribution in [0.2, 0.25) is 0 Å². The Kier molecular flexibility index (Phi) is 4.80. The van der Waals surface area contributed by atoms with Crippen LogP contribution in [0.4, 0.5) is 5.69 Å². The van der Waals surface area contributed by atoms with E-state index in [9.17, 15) is 13.5 Å². The van der Waals surface area contributed by atoms with Gasteiger partial charge in [-0.25, -0.2) is 13.6 Å². The standard InChI is InChI=1S/C18H21N3O3S/c19-25(23,24)17-9-7-16(8-10-17)21-18(11-4-14-22,12-13-20-21)15-5-2-1-3-6-15/h1-3,5-10,12-13,20,22H,4,11,14H2,(H2,19,23,24). The van der Waals surface area contributed by atoms with E-state index in [2.05, 4.69) is 11.5 Å². The van der Waals surface area contributed by atoms with Crippen molar-refractivity contribution in [3.63, 3.8) is 0 Å². The molecule has 132 valence electrons. The van der Waals surface area contributed by atoms with Crippen LogP contribution in [-0.2, 0) is 15.6 Å². The summed E-state index contributed by atoms with van der Waals surface area (Å²) in [7, 11) is -3.73. The fourth-order valence-corrected chi connectivity index (χ4v) is 3.68. The second-order valence-electron chi connectivity index (χ2n) is 5.95. The number of hydrazine groups is 1. The molecule has 0 saturated carbocycles. The van der Waals surface area contributed by atoms with Gasteiger partial charge in [0.05, 0.1) is 10.6 Å². The first-order valence-corrected chi connectivity index (χ1v) is 9.55. The molecule has 6 nitrogen and oxygen atoms in total. The van der Waals surface area contributed by atoms with Crippen molar-refractivity contribution in [3.05, 3.63) is 72.4 Å². The zero-order chi connectivity index (χ0) is 17.9. The summed E-state index contributed by atoms with van der Waals surface area (Å²) in [4.78, 5) is 0.0732. The maximum absolute atomic E-state index is 11.5. The summed E-state index contributed by atoms with van der Waals surface area (Å²) in [6.07, 6.45) is 5.25. The van der Waals surface area contributed by atoms with Gasteiger partial charge in [0.15, 0.2) is 0 Å². The van der Waals surface area contributed by atoms with Crippen LogP contribution in [0.15, 0.2) is 71.8 Å². The van der Waals surface area contributed by atoms with Crippen molar-refractivity contribution < 1.29 is 13.5 Å². The number of nitrogens with one attached hydrogen (secondary N) is 1. The fraction of sp³-hybridized carbons (Fsp3) is 0.222. The van der Waals surface area contributed by atoms with Gasteiger partial charge >= 0.3 is 0 Å². The molecule has 0 aromatic heterocycles. The normalized spacial score (nSPS) is 19.8. The molecule has 2 aromatic carbocycles. The van der Waals surface area contributed by atoms with E-state index in [1.165, 1.54) is 12.1 Å². The minimum atomic E-state index is -3.73. The highest BCUT2D eigenvalue weighted by Crippen LogP contribution is 2.39. The molecule has 1 aliphatic rings. The smallest absolute Gasteiger partial charge is 0.238 e. The third-order valence-electron chi connectivity index (χ3n) is 4.37. The van der Waals surface area contributed by atoms with Crippen LogP contribution in [0.5, 0.6) is 0 Å². The lowest BCUT2D eigenvalue weighted by Gasteiger charge is -2.39. The number of aliphatic hydroxyl groups is 1. The summed E-state index contributed by atoms with van der Waals surface area (Å²) < 4.78 is 22.9. The highest BCUT2D eigenvalue weighted by molar-refractivity contribution is 7.89. The Bertz CT molecular complexity index is 851. The molecule has 4 N–H and O–H groups in total. The van der Waals surface area contributed by atoms with Crippen molar-refractivity contribution in [3.8, 4) is 0 Å². The minimum absolute atomic E-state index is 0.0732. The molecule has 0 bridgehead atoms. The fourth-order valence-electron chi connectivity index (χ4n) is 3.17. The molecule has 1 atom stereocenters. The van der Waals surface area contributed by atoms with Crippen LogP contribution >= 0.6 is 0 Å². The van der Waals surface area contributed by atoms with Crippen molar-refractivity contribution in [1.82, 2.24) is 5.43 Å². The average molecular weight is 359 g/mol. The van der Waals surface area contributed by atoms with Crippen molar-refractivity contribution in [1.29, 1.82) is 0 Å². The van der Waals surface area contributed by atoms with Gasteiger partial charge in [-0.3, -0.25) is 5.01 Å². The van der Waals surface area contributed by atoms with Crippen LogP contribution in [0, 0.1) is 0 Å². The van der Waals surface area contributed by atoms with Crippen molar-refractivity contribution >= 4 is 15.7 Å². The molecule has 1 heterocycles. The van der Waals surface area contributed by atoms with E-state index >= 15 is 0 Å². The van der Waals surface area contributed by atoms with Crippen molar-refractivity contribution in [2.45, 2.75) is 23.3 Å². The molecule has 2 aromatic rings. The zero-order valence-electron chi connectivity index (χ0n) is 13.7. The first-order chi connectivity index (χ1) is 12.0. The van der Waals surface area contributed by atoms with E-state index in [1.807, 2.05) is 41.5 Å². The Morgan fingerprint density at radius 3 is 2.36 bits per heavy atom. The van der Waals surface area contributed by atoms with Gasteiger partial charge in [-0.15, -0.1) is 0 Å². The molecule has 0 radical (unpaired) electrons. The van der Waals surface area contributed by atoms with Crippen LogP contribution < -0.4 is 15.6 Å². The van der Waals surface area contributed by atoms with Gasteiger partial charge in [-0.2, -0.15) is 0 Å². The number of nitrogens with zero attached hydrogens (tertiary/aromatic N) is 1. The van der Waals surface area contributed by atoms with E-state index in [1.54, 1.807) is 12.1 Å². The number of nitrogens with two attached hydrogens (primary N) is 1. The van der Waals surface area contributed by atoms with Gasteiger partial charge in [-0.1, -0.05) is 30.3 Å². The molecule has 0 aliphatic carbocycles. The van der Waals surface area contributed by atoms with E-state index in [0.717, 1.165) is 11.3 Å². The van der Waals surface area contributed by atoms with E-state index in [4.69, 9.17) is 5.14 Å². The second kappa shape index (κ2) is 6.87. The van der Waals surface area contributed by atoms with Crippen molar-refractivity contribution in [2.75, 3.05) is 11.6 Å². The topological polar surface area (TPSA) is 95.7 Å². The number of sulfonamides is 1. The van der Waals surface area contributed by atoms with Crippen LogP contribution in [0.25, 0.3) is 0 Å². The lowest BCUT2D eigenvalue weighted by atomic mass is 9.85. The Morgan fingerprint density at radius 2 is 1.76 bits per heavy atom. The third kappa shape index (κ3) is 3.39. The third-order valence-corrected chi connectivity index (χ3v) is 5.30. The van der Waals surface area contributed by atoms with Gasteiger partial charge in [0.25, 0.3) is 0 Å². The highest BCUT2D eigenvalue weighted by atomic mass is 32.2. The largest absolute Gasteiger partial charge is 0.396 e. The molecule has 0 amide bonds. The van der Waals surface area contributed by atoms with Gasteiger partial charge in [0.1, 0.15) is 5.54 Å². The van der Waals surface area contributed by atoms with Crippen LogP contribution in [-0.4, -0.2) is 20.1 Å². The maximum Gasteiger partial charge on any atom is 0.238 e. The van der Waals surface area contributed by atoms with E-state index in [0.29, 0.717) is 12.8 Å². The maximum atomic E-state index is 11.5. The Labute approximate surface area is 147 Å². The zero-order valence-corrected chi connectivity index (χ0v) is 14.5. The summed E-state index contributed by atoms with van der Waals surface area (Å²) in [5.74, 6) is 0. The number of primary sulfonamides is 1. The van der Waals surface area contributed by atoms with Gasteiger partial charge in [0.2, 0.25) is 10.0 Å². The predicted molar refractivity (Wildman–Crippen MR) is 97.0 cm³/mol. The molecule has 1 unspecified atom stereocenters. The first-order valence-electron chi connectivity index (χ1n) is 8.01. The molecule has 1 aliphatic heterocycles. The number of anilines is 1. The molecule has 0 fully saturated rings. The summed E-state index contributed by atoms with van der Waals surface area (Å²) in [6.45, 7) is 0.0978. The first kappa shape index (κ1) is 17.5. The quantitative estimate of drug-likeness (QED) is 0.731. The number of hydrogen-bond acceptors (Lipinski definition) is 5. The number of rotatable bonds is 6. The van der Waals surface area contributed by atoms with Crippen molar-refractivity contribution in [2.24, 2.45) is 5.14 Å². The molecule has 3 rings (SSSR count). The average Bonchev–Trinajstić information content (AvgIpc) is 3.05. The van der Waals surface area contributed by atoms with E-state index < -0.39 is 15.6 Å². The predicted octanol–water partition coefficient (Wildman–Crippen LogP) is 1.84. The summed E-state index contributed by atoms with van der Waals surface area (Å²) in [6, 6.07) is 16.4. The SMILES string of the molecule is NS(=O)(=O)c1ccc(N2NC=CC2(CCCO)c2ccccc2)cc1. The highest BCUT2D eigenvalue weighted by Gasteiger charge is 2.39. The molecule has 0 saturated heterocycles. The monoisotopic (exact) mass is 359 g/mol. The molecule has 25 heavy (non-hydrogen) atoms. The van der Waals surface area contributed by atoms with E-state index in [-0.39, 0.29) is 11.5 Å². The van der Waals surface area contributed by atoms with Gasteiger partial charge in [-0.05, 0) is 48.7 Å². The van der Waals surface area contributed by atoms with Crippen LogP contribution in [0.1, 0.15) is 18.4 Å². The minimum Gasteiger partial charge on any atom is -0.396 e. The number of hydrogen-bond donors (Lipinski definition) is 3. The van der Waals surface area contributed by atoms with Gasteiger partial charge in [0, 0.05) is 12.8 Å². The Morgan fingerprint density at radius 1 is 1.08 bits per heavy atom. The summed E-state index contributed by atoms with van der Waals surface area (Å²) in [5, 5.41) is 16.5. The Hall–Kier alpha value is -2.35. The summed E-state index contributed by atoms with van der Waals surface area (Å²) in [5.41, 5.74) is 4.64. The van der Waals surface area contributed by atoms with Gasteiger partial charge < -0.3 is 10.5 Å². The Balaban J connectivity index is 2.02. The molecular weight excluding hydrogens is 338 g/mol. The molecule has 7 heteroatoms.